The molecule has 0 aromatic heterocycles. The first-order valence-electron chi connectivity index (χ1n) is 14.6. The van der Waals surface area contributed by atoms with Crippen molar-refractivity contribution in [3.63, 3.8) is 0 Å². The van der Waals surface area contributed by atoms with Gasteiger partial charge in [-0.05, 0) is 81.4 Å². The Bertz CT molecular complexity index is 1120. The monoisotopic (exact) mass is 509 g/mol. The Labute approximate surface area is 220 Å². The molecular formula is C30H43N3O4. The molecule has 4 bridgehead atoms. The highest BCUT2D eigenvalue weighted by Crippen LogP contribution is 2.76. The number of hydrogen-bond donors (Lipinski definition) is 3. The summed E-state index contributed by atoms with van der Waals surface area (Å²) in [6.07, 6.45) is 8.37. The number of nitrogens with zero attached hydrogens (tertiary/aromatic N) is 1. The molecule has 37 heavy (non-hydrogen) atoms. The van der Waals surface area contributed by atoms with E-state index in [9.17, 15) is 9.90 Å². The van der Waals surface area contributed by atoms with Gasteiger partial charge in [0.15, 0.2) is 11.5 Å². The normalized spacial score (nSPS) is 39.9. The van der Waals surface area contributed by atoms with Crippen LogP contribution in [0, 0.1) is 23.2 Å². The molecule has 1 unspecified atom stereocenters. The number of aromatic hydroxyl groups is 1. The Hall–Kier alpha value is -1.83. The molecule has 2 aliphatic heterocycles. The van der Waals surface area contributed by atoms with E-state index < -0.39 is 11.6 Å². The number of benzene rings is 1. The van der Waals surface area contributed by atoms with Crippen LogP contribution in [-0.4, -0.2) is 66.4 Å². The predicted molar refractivity (Wildman–Crippen MR) is 141 cm³/mol. The minimum Gasteiger partial charge on any atom is -0.504 e. The van der Waals surface area contributed by atoms with Crippen LogP contribution < -0.4 is 15.8 Å². The number of piperidine rings is 1. The Balaban J connectivity index is 1.29. The highest BCUT2D eigenvalue weighted by molar-refractivity contribution is 5.81. The van der Waals surface area contributed by atoms with Gasteiger partial charge in [-0.15, -0.1) is 0 Å². The first-order chi connectivity index (χ1) is 17.8. The van der Waals surface area contributed by atoms with Gasteiger partial charge in [0, 0.05) is 48.6 Å². The number of fused-ring (bicyclic) bond motifs is 2. The van der Waals surface area contributed by atoms with Gasteiger partial charge in [0.2, 0.25) is 5.91 Å². The molecule has 7 atom stereocenters. The van der Waals surface area contributed by atoms with Crippen LogP contribution in [0.15, 0.2) is 12.1 Å². The fourth-order valence-electron chi connectivity index (χ4n) is 9.76. The first kappa shape index (κ1) is 24.2. The summed E-state index contributed by atoms with van der Waals surface area (Å²) < 4.78 is 13.4. The largest absolute Gasteiger partial charge is 0.504 e. The number of nitrogens with two attached hydrogens (primary N) is 1. The molecule has 1 aromatic carbocycles. The molecule has 2 spiro atoms. The zero-order valence-corrected chi connectivity index (χ0v) is 22.6. The second-order valence-electron chi connectivity index (χ2n) is 13.5. The van der Waals surface area contributed by atoms with E-state index in [1.54, 1.807) is 0 Å². The Morgan fingerprint density at radius 1 is 1.30 bits per heavy atom. The Morgan fingerprint density at radius 3 is 2.84 bits per heavy atom. The lowest BCUT2D eigenvalue weighted by Crippen LogP contribution is -2.81. The maximum absolute atomic E-state index is 13.0. The number of carbonyl (C=O) groups excluding carboxylic acids is 1. The molecule has 7 nitrogen and oxygen atoms in total. The van der Waals surface area contributed by atoms with Crippen LogP contribution in [0.2, 0.25) is 0 Å². The lowest BCUT2D eigenvalue weighted by Gasteiger charge is -2.74. The van der Waals surface area contributed by atoms with Crippen molar-refractivity contribution in [2.75, 3.05) is 26.7 Å². The van der Waals surface area contributed by atoms with E-state index in [1.165, 1.54) is 30.5 Å². The van der Waals surface area contributed by atoms with Crippen LogP contribution in [0.4, 0.5) is 0 Å². The van der Waals surface area contributed by atoms with Crippen LogP contribution in [-0.2, 0) is 21.4 Å². The van der Waals surface area contributed by atoms with E-state index in [0.717, 1.165) is 44.6 Å². The fraction of sp³-hybridized carbons (Fsp3) is 0.767. The molecule has 7 heteroatoms. The molecular weight excluding hydrogens is 466 g/mol. The van der Waals surface area contributed by atoms with E-state index in [2.05, 4.69) is 30.1 Å². The standard InChI is InChI=1S/C30H43N3O4/c1-17(2)12-21(31)26(35)32-15-20-14-28-8-9-30(20,36-3)27-29(28)10-11-33(16-18-4-5-18)23(28)13-19-6-7-22(34)25(37-27)24(19)29/h6-7,17-18,20-21,23,27,34H,4-5,8-16,31H2,1-3H3,(H,32,35)/t20-,21?,23-,27-,28-,29+,30-/m1/s1. The molecule has 1 aromatic rings. The third-order valence-corrected chi connectivity index (χ3v) is 11.4. The number of carbonyl (C=O) groups is 1. The van der Waals surface area contributed by atoms with Gasteiger partial charge >= 0.3 is 0 Å². The summed E-state index contributed by atoms with van der Waals surface area (Å²) in [7, 11) is 1.82. The van der Waals surface area contributed by atoms with Crippen LogP contribution in [0.25, 0.3) is 0 Å². The Kier molecular flexibility index (Phi) is 5.30. The number of methoxy groups -OCH3 is 1. The van der Waals surface area contributed by atoms with Crippen molar-refractivity contribution in [1.29, 1.82) is 0 Å². The average Bonchev–Trinajstić information content (AvgIpc) is 3.62. The van der Waals surface area contributed by atoms with Gasteiger partial charge < -0.3 is 25.6 Å². The van der Waals surface area contributed by atoms with Crippen molar-refractivity contribution in [3.8, 4) is 11.5 Å². The number of rotatable bonds is 8. The van der Waals surface area contributed by atoms with Gasteiger partial charge in [-0.3, -0.25) is 9.69 Å². The number of amides is 1. The third kappa shape index (κ3) is 3.08. The second-order valence-corrected chi connectivity index (χ2v) is 13.5. The van der Waals surface area contributed by atoms with Crippen LogP contribution >= 0.6 is 0 Å². The molecule has 1 amide bonds. The molecule has 5 aliphatic carbocycles. The van der Waals surface area contributed by atoms with Gasteiger partial charge in [0.05, 0.1) is 6.04 Å². The number of likely N-dealkylation sites (tertiary alicyclic amines) is 1. The van der Waals surface area contributed by atoms with E-state index in [1.807, 2.05) is 13.2 Å². The number of phenolic OH excluding ortho intramolecular Hbond substituents is 1. The van der Waals surface area contributed by atoms with Crippen molar-refractivity contribution in [3.05, 3.63) is 23.3 Å². The minimum absolute atomic E-state index is 0.0621. The summed E-state index contributed by atoms with van der Waals surface area (Å²) in [6.45, 7) is 7.04. The van der Waals surface area contributed by atoms with Crippen molar-refractivity contribution < 1.29 is 19.4 Å². The number of ether oxygens (including phenoxy) is 2. The lowest BCUT2D eigenvalue weighted by molar-refractivity contribution is -0.276. The lowest BCUT2D eigenvalue weighted by atomic mass is 9.35. The number of phenols is 1. The smallest absolute Gasteiger partial charge is 0.236 e. The molecule has 202 valence electrons. The van der Waals surface area contributed by atoms with E-state index in [-0.39, 0.29) is 34.5 Å². The molecule has 2 heterocycles. The van der Waals surface area contributed by atoms with Crippen LogP contribution in [0.5, 0.6) is 11.5 Å². The van der Waals surface area contributed by atoms with Crippen LogP contribution in [0.1, 0.15) is 69.9 Å². The topological polar surface area (TPSA) is 97.0 Å². The molecule has 0 radical (unpaired) electrons. The average molecular weight is 510 g/mol. The summed E-state index contributed by atoms with van der Waals surface area (Å²) in [5, 5.41) is 14.2. The van der Waals surface area contributed by atoms with E-state index in [4.69, 9.17) is 15.2 Å². The van der Waals surface area contributed by atoms with Crippen molar-refractivity contribution >= 4 is 5.91 Å². The van der Waals surface area contributed by atoms with Gasteiger partial charge in [-0.1, -0.05) is 19.9 Å². The summed E-state index contributed by atoms with van der Waals surface area (Å²) in [5.74, 6) is 2.26. The fourth-order valence-corrected chi connectivity index (χ4v) is 9.76. The number of hydrogen-bond acceptors (Lipinski definition) is 6. The van der Waals surface area contributed by atoms with Crippen LogP contribution in [0.3, 0.4) is 0 Å². The maximum atomic E-state index is 13.0. The van der Waals surface area contributed by atoms with Gasteiger partial charge in [0.1, 0.15) is 11.7 Å². The SMILES string of the molecule is CO[C@]12CC[C@@]3(C[C@@H]1CNC(=O)C(N)CC(C)C)[C@H]1Cc4ccc(O)c5c4[C@@]3(CCN1CC1CC1)[C@H]2O5. The summed E-state index contributed by atoms with van der Waals surface area (Å²) in [6, 6.07) is 3.96. The Morgan fingerprint density at radius 2 is 2.11 bits per heavy atom. The number of nitrogens with one attached hydrogen (secondary N) is 1. The quantitative estimate of drug-likeness (QED) is 0.498. The summed E-state index contributed by atoms with van der Waals surface area (Å²) >= 11 is 0. The zero-order valence-electron chi connectivity index (χ0n) is 22.6. The summed E-state index contributed by atoms with van der Waals surface area (Å²) in [5.41, 5.74) is 8.30. The molecule has 5 fully saturated rings. The van der Waals surface area contributed by atoms with Crippen molar-refractivity contribution in [2.24, 2.45) is 28.9 Å². The second kappa shape index (κ2) is 8.09. The van der Waals surface area contributed by atoms with Gasteiger partial charge in [-0.25, -0.2) is 0 Å². The predicted octanol–water partition coefficient (Wildman–Crippen LogP) is 3.11. The maximum Gasteiger partial charge on any atom is 0.236 e. The molecule has 7 aliphatic rings. The molecule has 8 rings (SSSR count). The molecule has 1 saturated heterocycles. The molecule has 4 saturated carbocycles. The van der Waals surface area contributed by atoms with E-state index in [0.29, 0.717) is 30.7 Å². The van der Waals surface area contributed by atoms with E-state index >= 15 is 0 Å². The van der Waals surface area contributed by atoms with Crippen molar-refractivity contribution in [1.82, 2.24) is 10.2 Å². The zero-order chi connectivity index (χ0) is 25.7. The van der Waals surface area contributed by atoms with Crippen molar-refractivity contribution in [2.45, 2.75) is 94.4 Å². The third-order valence-electron chi connectivity index (χ3n) is 11.4. The highest BCUT2D eigenvalue weighted by atomic mass is 16.6. The first-order valence-corrected chi connectivity index (χ1v) is 14.6. The van der Waals surface area contributed by atoms with Gasteiger partial charge in [-0.2, -0.15) is 0 Å². The van der Waals surface area contributed by atoms with Gasteiger partial charge in [0.25, 0.3) is 0 Å². The molecule has 4 N–H and O–H groups in total. The highest BCUT2D eigenvalue weighted by Gasteiger charge is 2.80. The minimum atomic E-state index is -0.500. The summed E-state index contributed by atoms with van der Waals surface area (Å²) in [4.78, 5) is 15.8.